The highest BCUT2D eigenvalue weighted by Crippen LogP contribution is 2.21. The Morgan fingerprint density at radius 3 is 2.44 bits per heavy atom. The number of imidazole rings is 1. The maximum atomic E-state index is 12.5. The number of aromatic nitrogens is 2. The van der Waals surface area contributed by atoms with Crippen molar-refractivity contribution in [2.75, 3.05) is 6.61 Å². The Hall–Kier alpha value is -3.17. The number of amides is 1. The Morgan fingerprint density at radius 2 is 1.81 bits per heavy atom. The summed E-state index contributed by atoms with van der Waals surface area (Å²) < 4.78 is 33.6. The number of aryl methyl sites for hydroxylation is 2. The highest BCUT2D eigenvalue weighted by molar-refractivity contribution is 7.90. The van der Waals surface area contributed by atoms with E-state index in [-0.39, 0.29) is 23.7 Å². The number of halogens is 1. The van der Waals surface area contributed by atoms with Crippen LogP contribution in [0.2, 0.25) is 5.02 Å². The molecule has 0 aliphatic heterocycles. The van der Waals surface area contributed by atoms with Crippen molar-refractivity contribution >= 4 is 33.5 Å². The first-order valence-corrected chi connectivity index (χ1v) is 11.6. The number of sulfonamides is 1. The van der Waals surface area contributed by atoms with Crippen molar-refractivity contribution < 1.29 is 22.7 Å². The number of hydrogen-bond acceptors (Lipinski definition) is 6. The van der Waals surface area contributed by atoms with Crippen molar-refractivity contribution in [3.05, 3.63) is 81.9 Å². The monoisotopic (exact) mass is 475 g/mol. The number of nitrogens with zero attached hydrogens (tertiary/aromatic N) is 2. The molecule has 2 aromatic carbocycles. The molecule has 10 heteroatoms. The summed E-state index contributed by atoms with van der Waals surface area (Å²) in [6.45, 7) is 5.78. The van der Waals surface area contributed by atoms with Crippen molar-refractivity contribution in [3.63, 3.8) is 0 Å². The minimum absolute atomic E-state index is 0.0129. The maximum absolute atomic E-state index is 12.5. The van der Waals surface area contributed by atoms with Gasteiger partial charge in [0.05, 0.1) is 23.6 Å². The molecular formula is C22H22ClN3O5S. The first kappa shape index (κ1) is 23.5. The predicted molar refractivity (Wildman–Crippen MR) is 119 cm³/mol. The van der Waals surface area contributed by atoms with E-state index in [1.165, 1.54) is 24.4 Å². The molecule has 3 aromatic rings. The molecule has 8 nitrogen and oxygen atoms in total. The average molecular weight is 476 g/mol. The van der Waals surface area contributed by atoms with Crippen LogP contribution in [0, 0.1) is 13.8 Å². The van der Waals surface area contributed by atoms with Gasteiger partial charge in [-0.25, -0.2) is 22.9 Å². The van der Waals surface area contributed by atoms with E-state index in [0.717, 1.165) is 5.56 Å². The molecule has 0 saturated carbocycles. The third kappa shape index (κ3) is 5.35. The van der Waals surface area contributed by atoms with E-state index in [9.17, 15) is 18.0 Å². The molecule has 0 aliphatic rings. The fourth-order valence-corrected chi connectivity index (χ4v) is 4.13. The smallest absolute Gasteiger partial charge is 0.338 e. The number of rotatable bonds is 7. The molecule has 168 valence electrons. The zero-order valence-electron chi connectivity index (χ0n) is 17.8. The lowest BCUT2D eigenvalue weighted by molar-refractivity contribution is 0.0526. The number of hydrogen-bond donors (Lipinski definition) is 1. The van der Waals surface area contributed by atoms with Crippen LogP contribution in [-0.4, -0.2) is 36.5 Å². The highest BCUT2D eigenvalue weighted by Gasteiger charge is 2.21. The van der Waals surface area contributed by atoms with E-state index >= 15 is 0 Å². The standard InChI is InChI=1S/C22H22ClN3O5S/c1-4-31-22(28)16-7-8-17(19(23)11-16)12-26-13-20(24-15(26)3)21(27)25-32(29,30)18-9-5-14(2)6-10-18/h5-11,13H,4,12H2,1-3H3,(H,25,27). The minimum atomic E-state index is -4.03. The van der Waals surface area contributed by atoms with Crippen LogP contribution in [0.5, 0.6) is 0 Å². The fraction of sp³-hybridized carbons (Fsp3) is 0.227. The van der Waals surface area contributed by atoms with Crippen LogP contribution < -0.4 is 4.72 Å². The van der Waals surface area contributed by atoms with Crippen LogP contribution in [-0.2, 0) is 21.3 Å². The Bertz CT molecular complexity index is 1270. The summed E-state index contributed by atoms with van der Waals surface area (Å²) in [7, 11) is -4.03. The predicted octanol–water partition coefficient (Wildman–Crippen LogP) is 3.50. The van der Waals surface area contributed by atoms with Gasteiger partial charge in [0, 0.05) is 11.2 Å². The van der Waals surface area contributed by atoms with Crippen molar-refractivity contribution in [2.45, 2.75) is 32.2 Å². The van der Waals surface area contributed by atoms with E-state index in [2.05, 4.69) is 4.98 Å². The zero-order chi connectivity index (χ0) is 23.5. The second kappa shape index (κ2) is 9.54. The Balaban J connectivity index is 1.76. The van der Waals surface area contributed by atoms with E-state index in [1.807, 2.05) is 11.6 Å². The lowest BCUT2D eigenvalue weighted by Gasteiger charge is -2.09. The second-order valence-corrected chi connectivity index (χ2v) is 9.17. The molecule has 1 N–H and O–H groups in total. The number of nitrogens with one attached hydrogen (secondary N) is 1. The molecule has 1 heterocycles. The van der Waals surface area contributed by atoms with Gasteiger partial charge in [-0.1, -0.05) is 35.4 Å². The lowest BCUT2D eigenvalue weighted by Crippen LogP contribution is -2.30. The molecule has 3 rings (SSSR count). The molecule has 0 bridgehead atoms. The van der Waals surface area contributed by atoms with E-state index in [0.29, 0.717) is 22.0 Å². The van der Waals surface area contributed by atoms with Gasteiger partial charge in [0.2, 0.25) is 0 Å². The number of benzene rings is 2. The summed E-state index contributed by atoms with van der Waals surface area (Å²) >= 11 is 6.31. The Morgan fingerprint density at radius 1 is 1.12 bits per heavy atom. The zero-order valence-corrected chi connectivity index (χ0v) is 19.3. The molecule has 0 aliphatic carbocycles. The first-order valence-electron chi connectivity index (χ1n) is 9.74. The number of esters is 1. The summed E-state index contributed by atoms with van der Waals surface area (Å²) in [4.78, 5) is 28.5. The normalized spacial score (nSPS) is 11.2. The summed E-state index contributed by atoms with van der Waals surface area (Å²) in [5.74, 6) is -0.807. The van der Waals surface area contributed by atoms with Gasteiger partial charge in [-0.15, -0.1) is 0 Å². The lowest BCUT2D eigenvalue weighted by atomic mass is 10.1. The van der Waals surface area contributed by atoms with E-state index in [1.54, 1.807) is 42.7 Å². The largest absolute Gasteiger partial charge is 0.462 e. The van der Waals surface area contributed by atoms with Gasteiger partial charge < -0.3 is 9.30 Å². The average Bonchev–Trinajstić information content (AvgIpc) is 3.10. The number of carbonyl (C=O) groups excluding carboxylic acids is 2. The topological polar surface area (TPSA) is 107 Å². The molecular weight excluding hydrogens is 454 g/mol. The summed E-state index contributed by atoms with van der Waals surface area (Å²) in [5, 5.41) is 0.358. The number of ether oxygens (including phenoxy) is 1. The van der Waals surface area contributed by atoms with E-state index < -0.39 is 21.9 Å². The summed E-state index contributed by atoms with van der Waals surface area (Å²) in [6, 6.07) is 11.0. The second-order valence-electron chi connectivity index (χ2n) is 7.08. The van der Waals surface area contributed by atoms with Crippen molar-refractivity contribution in [2.24, 2.45) is 0 Å². The van der Waals surface area contributed by atoms with Gasteiger partial charge in [-0.05, 0) is 50.6 Å². The van der Waals surface area contributed by atoms with Crippen LogP contribution in [0.25, 0.3) is 0 Å². The van der Waals surface area contributed by atoms with Crippen molar-refractivity contribution in [1.82, 2.24) is 14.3 Å². The van der Waals surface area contributed by atoms with Crippen LogP contribution in [0.15, 0.2) is 53.6 Å². The van der Waals surface area contributed by atoms with E-state index in [4.69, 9.17) is 16.3 Å². The molecule has 0 fully saturated rings. The minimum Gasteiger partial charge on any atom is -0.462 e. The maximum Gasteiger partial charge on any atom is 0.338 e. The number of carbonyl (C=O) groups is 2. The molecule has 32 heavy (non-hydrogen) atoms. The van der Waals surface area contributed by atoms with Crippen LogP contribution >= 0.6 is 11.6 Å². The third-order valence-corrected chi connectivity index (χ3v) is 6.37. The molecule has 0 spiro atoms. The fourth-order valence-electron chi connectivity index (χ4n) is 2.93. The van der Waals surface area contributed by atoms with Gasteiger partial charge in [0.1, 0.15) is 11.5 Å². The molecule has 0 saturated heterocycles. The SMILES string of the molecule is CCOC(=O)c1ccc(Cn2cc(C(=O)NS(=O)(=O)c3ccc(C)cc3)nc2C)c(Cl)c1. The Labute approximate surface area is 191 Å². The van der Waals surface area contributed by atoms with Crippen molar-refractivity contribution in [3.8, 4) is 0 Å². The van der Waals surface area contributed by atoms with Gasteiger partial charge in [-0.3, -0.25) is 4.79 Å². The van der Waals surface area contributed by atoms with Crippen LogP contribution in [0.4, 0.5) is 0 Å². The molecule has 1 aromatic heterocycles. The summed E-state index contributed by atoms with van der Waals surface area (Å²) in [5.41, 5.74) is 1.89. The molecule has 1 amide bonds. The molecule has 0 radical (unpaired) electrons. The van der Waals surface area contributed by atoms with Crippen LogP contribution in [0.3, 0.4) is 0 Å². The van der Waals surface area contributed by atoms with Crippen molar-refractivity contribution in [1.29, 1.82) is 0 Å². The summed E-state index contributed by atoms with van der Waals surface area (Å²) in [6.07, 6.45) is 1.45. The quantitative estimate of drug-likeness (QED) is 0.524. The van der Waals surface area contributed by atoms with Gasteiger partial charge >= 0.3 is 5.97 Å². The molecule has 0 atom stereocenters. The van der Waals surface area contributed by atoms with Gasteiger partial charge in [0.15, 0.2) is 0 Å². The Kier molecular flexibility index (Phi) is 7.00. The van der Waals surface area contributed by atoms with Crippen LogP contribution in [0.1, 0.15) is 44.7 Å². The highest BCUT2D eigenvalue weighted by atomic mass is 35.5. The molecule has 0 unspecified atom stereocenters. The third-order valence-electron chi connectivity index (χ3n) is 4.67. The first-order chi connectivity index (χ1) is 15.1. The van der Waals surface area contributed by atoms with Gasteiger partial charge in [0.25, 0.3) is 15.9 Å². The van der Waals surface area contributed by atoms with Gasteiger partial charge in [-0.2, -0.15) is 0 Å².